The molecule has 1 fully saturated rings. The number of nitrogens with two attached hydrogens (primary N) is 1. The molecule has 0 aromatic heterocycles. The number of aryl methyl sites for hydroxylation is 2. The fourth-order valence-electron chi connectivity index (χ4n) is 4.04. The van der Waals surface area contributed by atoms with Gasteiger partial charge in [-0.25, -0.2) is 0 Å². The van der Waals surface area contributed by atoms with Crippen molar-refractivity contribution < 1.29 is 0 Å². The normalized spacial score (nSPS) is 21.4. The Morgan fingerprint density at radius 2 is 1.70 bits per heavy atom. The molecule has 2 N–H and O–H groups in total. The third kappa shape index (κ3) is 3.44. The topological polar surface area (TPSA) is 26.0 Å². The van der Waals surface area contributed by atoms with Gasteiger partial charge in [-0.15, -0.1) is 0 Å². The molecule has 1 aromatic carbocycles. The van der Waals surface area contributed by atoms with E-state index in [1.165, 1.54) is 76.2 Å². The van der Waals surface area contributed by atoms with Crippen molar-refractivity contribution >= 4 is 0 Å². The van der Waals surface area contributed by atoms with E-state index in [0.717, 1.165) is 5.92 Å². The van der Waals surface area contributed by atoms with Gasteiger partial charge in [0.2, 0.25) is 0 Å². The summed E-state index contributed by atoms with van der Waals surface area (Å²) in [5, 5.41) is 0. The number of fused-ring (bicyclic) bond motifs is 1. The number of rotatable bonds is 4. The Morgan fingerprint density at radius 3 is 2.50 bits per heavy atom. The third-order valence-corrected chi connectivity index (χ3v) is 5.41. The molecule has 0 radical (unpaired) electrons. The molecule has 0 saturated heterocycles. The molecule has 0 heterocycles. The largest absolute Gasteiger partial charge is 0.324 e. The Hall–Kier alpha value is -0.820. The lowest BCUT2D eigenvalue weighted by atomic mass is 9.84. The first-order valence-corrected chi connectivity index (χ1v) is 8.70. The smallest absolute Gasteiger partial charge is 0.0295 e. The summed E-state index contributed by atoms with van der Waals surface area (Å²) in [4.78, 5) is 0. The van der Waals surface area contributed by atoms with Gasteiger partial charge < -0.3 is 5.73 Å². The highest BCUT2D eigenvalue weighted by atomic mass is 14.6. The maximum atomic E-state index is 6.45. The first kappa shape index (κ1) is 14.1. The lowest BCUT2D eigenvalue weighted by Gasteiger charge is -2.24. The lowest BCUT2D eigenvalue weighted by molar-refractivity contribution is 0.324. The standard InChI is InChI=1S/C19H29N/c20-19(13-10-15-6-2-1-3-7-15)18-12-11-16-8-4-5-9-17(16)14-18/h11-12,14-15,19H,1-10,13,20H2. The highest BCUT2D eigenvalue weighted by Crippen LogP contribution is 2.31. The van der Waals surface area contributed by atoms with Crippen LogP contribution in [0.15, 0.2) is 18.2 Å². The van der Waals surface area contributed by atoms with Crippen molar-refractivity contribution in [3.63, 3.8) is 0 Å². The van der Waals surface area contributed by atoms with E-state index in [1.807, 2.05) is 0 Å². The van der Waals surface area contributed by atoms with Crippen molar-refractivity contribution in [1.29, 1.82) is 0 Å². The monoisotopic (exact) mass is 271 g/mol. The summed E-state index contributed by atoms with van der Waals surface area (Å²) in [6, 6.07) is 7.28. The van der Waals surface area contributed by atoms with Crippen LogP contribution in [0.2, 0.25) is 0 Å². The van der Waals surface area contributed by atoms with Gasteiger partial charge in [0.05, 0.1) is 0 Å². The second kappa shape index (κ2) is 6.76. The Balaban J connectivity index is 1.57. The van der Waals surface area contributed by atoms with Crippen molar-refractivity contribution in [3.8, 4) is 0 Å². The number of hydrogen-bond donors (Lipinski definition) is 1. The van der Waals surface area contributed by atoms with E-state index in [9.17, 15) is 0 Å². The minimum Gasteiger partial charge on any atom is -0.324 e. The fourth-order valence-corrected chi connectivity index (χ4v) is 4.04. The molecule has 1 heteroatoms. The minimum absolute atomic E-state index is 0.254. The van der Waals surface area contributed by atoms with Crippen molar-refractivity contribution in [2.45, 2.75) is 76.7 Å². The quantitative estimate of drug-likeness (QED) is 0.826. The van der Waals surface area contributed by atoms with Crippen LogP contribution in [-0.2, 0) is 12.8 Å². The zero-order valence-electron chi connectivity index (χ0n) is 12.7. The Morgan fingerprint density at radius 1 is 0.950 bits per heavy atom. The average molecular weight is 271 g/mol. The van der Waals surface area contributed by atoms with E-state index in [4.69, 9.17) is 5.73 Å². The molecule has 0 amide bonds. The molecule has 20 heavy (non-hydrogen) atoms. The van der Waals surface area contributed by atoms with Crippen LogP contribution in [0.5, 0.6) is 0 Å². The average Bonchev–Trinajstić information content (AvgIpc) is 2.53. The molecule has 1 nitrogen and oxygen atoms in total. The SMILES string of the molecule is NC(CCC1CCCCC1)c1ccc2c(c1)CCCC2. The van der Waals surface area contributed by atoms with Crippen LogP contribution < -0.4 is 5.73 Å². The predicted octanol–water partition coefficient (Wildman–Crippen LogP) is 4.93. The molecule has 1 aromatic rings. The molecular weight excluding hydrogens is 242 g/mol. The minimum atomic E-state index is 0.254. The maximum absolute atomic E-state index is 6.45. The zero-order chi connectivity index (χ0) is 13.8. The predicted molar refractivity (Wildman–Crippen MR) is 85.8 cm³/mol. The van der Waals surface area contributed by atoms with Crippen LogP contribution in [0, 0.1) is 5.92 Å². The summed E-state index contributed by atoms with van der Waals surface area (Å²) in [5.74, 6) is 0.951. The molecule has 1 unspecified atom stereocenters. The Bertz CT molecular complexity index is 431. The number of benzene rings is 1. The van der Waals surface area contributed by atoms with Crippen molar-refractivity contribution in [2.75, 3.05) is 0 Å². The summed E-state index contributed by atoms with van der Waals surface area (Å²) in [6.07, 6.45) is 15.0. The molecule has 2 aliphatic carbocycles. The summed E-state index contributed by atoms with van der Waals surface area (Å²) < 4.78 is 0. The van der Waals surface area contributed by atoms with Crippen LogP contribution >= 0.6 is 0 Å². The Kier molecular flexibility index (Phi) is 4.77. The van der Waals surface area contributed by atoms with E-state index in [1.54, 1.807) is 11.1 Å². The molecule has 0 bridgehead atoms. The highest BCUT2D eigenvalue weighted by Gasteiger charge is 2.16. The first-order chi connectivity index (χ1) is 9.83. The summed E-state index contributed by atoms with van der Waals surface area (Å²) in [6.45, 7) is 0. The van der Waals surface area contributed by atoms with Gasteiger partial charge in [0, 0.05) is 6.04 Å². The van der Waals surface area contributed by atoms with Crippen molar-refractivity contribution in [3.05, 3.63) is 34.9 Å². The second-order valence-electron chi connectivity index (χ2n) is 6.92. The summed E-state index contributed by atoms with van der Waals surface area (Å²) >= 11 is 0. The van der Waals surface area contributed by atoms with Gasteiger partial charge in [-0.05, 0) is 61.1 Å². The van der Waals surface area contributed by atoms with E-state index in [2.05, 4.69) is 18.2 Å². The molecule has 0 spiro atoms. The molecule has 1 saturated carbocycles. The van der Waals surface area contributed by atoms with Gasteiger partial charge in [0.15, 0.2) is 0 Å². The summed E-state index contributed by atoms with van der Waals surface area (Å²) in [7, 11) is 0. The Labute approximate surface area is 124 Å². The molecule has 3 rings (SSSR count). The van der Waals surface area contributed by atoms with Crippen LogP contribution in [-0.4, -0.2) is 0 Å². The third-order valence-electron chi connectivity index (χ3n) is 5.41. The first-order valence-electron chi connectivity index (χ1n) is 8.70. The fraction of sp³-hybridized carbons (Fsp3) is 0.684. The highest BCUT2D eigenvalue weighted by molar-refractivity contribution is 5.35. The van der Waals surface area contributed by atoms with E-state index >= 15 is 0 Å². The van der Waals surface area contributed by atoms with Crippen LogP contribution in [0.25, 0.3) is 0 Å². The maximum Gasteiger partial charge on any atom is 0.0295 e. The van der Waals surface area contributed by atoms with Gasteiger partial charge in [-0.3, -0.25) is 0 Å². The van der Waals surface area contributed by atoms with E-state index in [0.29, 0.717) is 0 Å². The molecule has 1 atom stereocenters. The van der Waals surface area contributed by atoms with Gasteiger partial charge >= 0.3 is 0 Å². The van der Waals surface area contributed by atoms with Gasteiger partial charge in [0.25, 0.3) is 0 Å². The van der Waals surface area contributed by atoms with Gasteiger partial charge in [-0.1, -0.05) is 50.3 Å². The molecule has 2 aliphatic rings. The molecule has 0 aliphatic heterocycles. The number of hydrogen-bond acceptors (Lipinski definition) is 1. The van der Waals surface area contributed by atoms with Crippen molar-refractivity contribution in [1.82, 2.24) is 0 Å². The van der Waals surface area contributed by atoms with E-state index < -0.39 is 0 Å². The van der Waals surface area contributed by atoms with E-state index in [-0.39, 0.29) is 6.04 Å². The second-order valence-corrected chi connectivity index (χ2v) is 6.92. The van der Waals surface area contributed by atoms with Gasteiger partial charge in [-0.2, -0.15) is 0 Å². The summed E-state index contributed by atoms with van der Waals surface area (Å²) in [5.41, 5.74) is 11.0. The zero-order valence-corrected chi connectivity index (χ0v) is 12.7. The molecular formula is C19H29N. The lowest BCUT2D eigenvalue weighted by Crippen LogP contribution is -2.15. The molecule has 110 valence electrons. The van der Waals surface area contributed by atoms with Crippen LogP contribution in [0.4, 0.5) is 0 Å². The van der Waals surface area contributed by atoms with Crippen molar-refractivity contribution in [2.24, 2.45) is 11.7 Å². The van der Waals surface area contributed by atoms with Crippen LogP contribution in [0.1, 0.15) is 80.5 Å². The van der Waals surface area contributed by atoms with Crippen LogP contribution in [0.3, 0.4) is 0 Å². The van der Waals surface area contributed by atoms with Gasteiger partial charge in [0.1, 0.15) is 0 Å².